The van der Waals surface area contributed by atoms with Gasteiger partial charge in [-0.2, -0.15) is 0 Å². The average molecular weight is 148 g/mol. The van der Waals surface area contributed by atoms with E-state index in [2.05, 4.69) is 16.2 Å². The van der Waals surface area contributed by atoms with E-state index in [1.807, 2.05) is 0 Å². The number of hydrogen-bond acceptors (Lipinski definition) is 0. The molecule has 1 fully saturated rings. The van der Waals surface area contributed by atoms with Crippen molar-refractivity contribution in [3.8, 4) is 0 Å². The summed E-state index contributed by atoms with van der Waals surface area (Å²) in [4.78, 5) is 0. The number of alkyl halides is 1. The van der Waals surface area contributed by atoms with Gasteiger partial charge in [0.05, 0.1) is 0 Å². The molecule has 0 radical (unpaired) electrons. The van der Waals surface area contributed by atoms with E-state index in [1.54, 1.807) is 0 Å². The topological polar surface area (TPSA) is 0 Å². The van der Waals surface area contributed by atoms with Crippen LogP contribution in [-0.2, 0) is 0 Å². The summed E-state index contributed by atoms with van der Waals surface area (Å²) in [7, 11) is 2.59. The molecular formula is C7H14FP. The zero-order chi connectivity index (χ0) is 6.85. The summed E-state index contributed by atoms with van der Waals surface area (Å²) in [6.07, 6.45) is 2.35. The first-order valence-corrected chi connectivity index (χ1v) is 4.26. The second-order valence-corrected chi connectivity index (χ2v) is 3.95. The molecule has 4 atom stereocenters. The third kappa shape index (κ3) is 1.89. The zero-order valence-electron chi connectivity index (χ0n) is 5.81. The van der Waals surface area contributed by atoms with Crippen molar-refractivity contribution >= 4 is 9.24 Å². The quantitative estimate of drug-likeness (QED) is 0.463. The average Bonchev–Trinajstić information content (AvgIpc) is 1.80. The van der Waals surface area contributed by atoms with Crippen LogP contribution >= 0.6 is 9.24 Å². The fourth-order valence-corrected chi connectivity index (χ4v) is 2.05. The van der Waals surface area contributed by atoms with E-state index < -0.39 is 6.17 Å². The Morgan fingerprint density at radius 1 is 1.44 bits per heavy atom. The van der Waals surface area contributed by atoms with Gasteiger partial charge in [0.15, 0.2) is 0 Å². The smallest absolute Gasteiger partial charge is 0.106 e. The van der Waals surface area contributed by atoms with Crippen molar-refractivity contribution in [1.82, 2.24) is 0 Å². The van der Waals surface area contributed by atoms with Crippen molar-refractivity contribution < 1.29 is 4.39 Å². The lowest BCUT2D eigenvalue weighted by Crippen LogP contribution is -2.24. The third-order valence-corrected chi connectivity index (χ3v) is 2.76. The van der Waals surface area contributed by atoms with E-state index >= 15 is 0 Å². The molecule has 1 aliphatic carbocycles. The molecule has 2 heteroatoms. The van der Waals surface area contributed by atoms with Crippen LogP contribution in [0.4, 0.5) is 4.39 Å². The maximum absolute atomic E-state index is 12.7. The molecule has 0 aromatic carbocycles. The molecular weight excluding hydrogens is 134 g/mol. The van der Waals surface area contributed by atoms with Gasteiger partial charge in [0.2, 0.25) is 0 Å². The minimum atomic E-state index is -0.550. The molecule has 1 saturated carbocycles. The summed E-state index contributed by atoms with van der Waals surface area (Å²) in [5.74, 6) is 0.736. The molecule has 4 unspecified atom stereocenters. The molecule has 9 heavy (non-hydrogen) atoms. The lowest BCUT2D eigenvalue weighted by molar-refractivity contribution is 0.224. The lowest BCUT2D eigenvalue weighted by atomic mass is 9.89. The first-order chi connectivity index (χ1) is 4.20. The van der Waals surface area contributed by atoms with Crippen LogP contribution in [0.15, 0.2) is 0 Å². The van der Waals surface area contributed by atoms with Crippen molar-refractivity contribution in [3.63, 3.8) is 0 Å². The molecule has 1 rings (SSSR count). The van der Waals surface area contributed by atoms with E-state index in [0.29, 0.717) is 0 Å². The monoisotopic (exact) mass is 148 g/mol. The maximum Gasteiger partial charge on any atom is 0.106 e. The molecule has 0 saturated heterocycles. The van der Waals surface area contributed by atoms with Gasteiger partial charge in [0, 0.05) is 5.66 Å². The summed E-state index contributed by atoms with van der Waals surface area (Å²) >= 11 is 0. The summed E-state index contributed by atoms with van der Waals surface area (Å²) in [6.45, 7) is 2.20. The number of halogens is 1. The van der Waals surface area contributed by atoms with E-state index in [-0.39, 0.29) is 5.66 Å². The molecule has 0 aliphatic heterocycles. The predicted octanol–water partition coefficient (Wildman–Crippen LogP) is 2.39. The van der Waals surface area contributed by atoms with Gasteiger partial charge in [-0.3, -0.25) is 0 Å². The first-order valence-electron chi connectivity index (χ1n) is 3.60. The standard InChI is InChI=1S/C7H14FP/c1-5-2-3-6(8)7(9)4-5/h5-7H,2-4,9H2,1H3. The van der Waals surface area contributed by atoms with Crippen molar-refractivity contribution in [2.24, 2.45) is 5.92 Å². The van der Waals surface area contributed by atoms with Crippen LogP contribution in [-0.4, -0.2) is 11.8 Å². The van der Waals surface area contributed by atoms with Gasteiger partial charge in [-0.05, 0) is 25.2 Å². The summed E-state index contributed by atoms with van der Waals surface area (Å²) in [5.41, 5.74) is 0.230. The van der Waals surface area contributed by atoms with Gasteiger partial charge in [0.1, 0.15) is 6.17 Å². The highest BCUT2D eigenvalue weighted by molar-refractivity contribution is 7.17. The van der Waals surface area contributed by atoms with Crippen LogP contribution < -0.4 is 0 Å². The largest absolute Gasteiger partial charge is 0.247 e. The Bertz CT molecular complexity index is 94.9. The minimum absolute atomic E-state index is 0.230. The van der Waals surface area contributed by atoms with E-state index in [0.717, 1.165) is 25.2 Å². The molecule has 54 valence electrons. The van der Waals surface area contributed by atoms with E-state index in [4.69, 9.17) is 0 Å². The zero-order valence-corrected chi connectivity index (χ0v) is 6.96. The van der Waals surface area contributed by atoms with Gasteiger partial charge in [-0.15, -0.1) is 9.24 Å². The Balaban J connectivity index is 2.35. The van der Waals surface area contributed by atoms with Crippen LogP contribution in [0.2, 0.25) is 0 Å². The molecule has 0 aromatic heterocycles. The number of hydrogen-bond donors (Lipinski definition) is 0. The Hall–Kier alpha value is 0.360. The highest BCUT2D eigenvalue weighted by Gasteiger charge is 2.24. The van der Waals surface area contributed by atoms with Gasteiger partial charge in [0.25, 0.3) is 0 Å². The predicted molar refractivity (Wildman–Crippen MR) is 41.4 cm³/mol. The molecule has 0 heterocycles. The Kier molecular flexibility index (Phi) is 2.46. The van der Waals surface area contributed by atoms with Gasteiger partial charge in [-0.1, -0.05) is 6.92 Å². The molecule has 0 N–H and O–H groups in total. The summed E-state index contributed by atoms with van der Waals surface area (Å²) in [6, 6.07) is 0. The van der Waals surface area contributed by atoms with Crippen LogP contribution in [0, 0.1) is 5.92 Å². The molecule has 1 aliphatic rings. The molecule has 0 amide bonds. The Morgan fingerprint density at radius 2 is 2.11 bits per heavy atom. The van der Waals surface area contributed by atoms with Crippen LogP contribution in [0.3, 0.4) is 0 Å². The normalized spacial score (nSPS) is 45.0. The Morgan fingerprint density at radius 3 is 2.56 bits per heavy atom. The van der Waals surface area contributed by atoms with Crippen LogP contribution in [0.5, 0.6) is 0 Å². The molecule has 0 spiro atoms. The molecule has 0 bridgehead atoms. The second kappa shape index (κ2) is 2.96. The fraction of sp³-hybridized carbons (Fsp3) is 1.00. The lowest BCUT2D eigenvalue weighted by Gasteiger charge is -2.26. The van der Waals surface area contributed by atoms with E-state index in [1.165, 1.54) is 0 Å². The van der Waals surface area contributed by atoms with Crippen LogP contribution in [0.1, 0.15) is 26.2 Å². The van der Waals surface area contributed by atoms with Crippen molar-refractivity contribution in [1.29, 1.82) is 0 Å². The summed E-state index contributed by atoms with van der Waals surface area (Å²) < 4.78 is 12.7. The van der Waals surface area contributed by atoms with Gasteiger partial charge >= 0.3 is 0 Å². The fourth-order valence-electron chi connectivity index (χ4n) is 1.39. The maximum atomic E-state index is 12.7. The highest BCUT2D eigenvalue weighted by Crippen LogP contribution is 2.30. The SMILES string of the molecule is CC1CCC(F)C(P)C1. The molecule has 0 aromatic rings. The molecule has 0 nitrogen and oxygen atoms in total. The van der Waals surface area contributed by atoms with Crippen molar-refractivity contribution in [3.05, 3.63) is 0 Å². The van der Waals surface area contributed by atoms with Crippen molar-refractivity contribution in [2.45, 2.75) is 38.0 Å². The highest BCUT2D eigenvalue weighted by atomic mass is 31.0. The van der Waals surface area contributed by atoms with E-state index in [9.17, 15) is 4.39 Å². The first kappa shape index (κ1) is 7.47. The number of rotatable bonds is 0. The van der Waals surface area contributed by atoms with Gasteiger partial charge in [-0.25, -0.2) is 4.39 Å². The Labute approximate surface area is 58.4 Å². The van der Waals surface area contributed by atoms with Gasteiger partial charge < -0.3 is 0 Å². The third-order valence-electron chi connectivity index (χ3n) is 2.07. The van der Waals surface area contributed by atoms with Crippen molar-refractivity contribution in [2.75, 3.05) is 0 Å². The minimum Gasteiger partial charge on any atom is -0.247 e. The second-order valence-electron chi connectivity index (χ2n) is 3.10. The summed E-state index contributed by atoms with van der Waals surface area (Å²) in [5, 5.41) is 0. The van der Waals surface area contributed by atoms with Crippen LogP contribution in [0.25, 0.3) is 0 Å².